The maximum atomic E-state index is 4.82. The van der Waals surface area contributed by atoms with Crippen molar-refractivity contribution in [3.05, 3.63) is 48.0 Å². The molecule has 2 aromatic carbocycles. The highest BCUT2D eigenvalue weighted by Crippen LogP contribution is 2.55. The Bertz CT molecular complexity index is 609. The van der Waals surface area contributed by atoms with Gasteiger partial charge in [-0.15, -0.1) is 0 Å². The highest BCUT2D eigenvalue weighted by Gasteiger charge is 2.42. The lowest BCUT2D eigenvalue weighted by Gasteiger charge is -2.13. The normalized spacial score (nSPS) is 18.2. The number of hydrogen-bond donors (Lipinski definition) is 0. The summed E-state index contributed by atoms with van der Waals surface area (Å²) in [5.74, 6) is 0. The Morgan fingerprint density at radius 1 is 0.941 bits per heavy atom. The number of fused-ring (bicyclic) bond motifs is 3. The largest absolute Gasteiger partial charge is 0.247 e. The third-order valence-electron chi connectivity index (χ3n) is 4.11. The van der Waals surface area contributed by atoms with E-state index in [1.807, 2.05) is 0 Å². The molecule has 17 heavy (non-hydrogen) atoms. The number of rotatable bonds is 1. The minimum atomic E-state index is 0.386. The van der Waals surface area contributed by atoms with Gasteiger partial charge in [-0.1, -0.05) is 43.3 Å². The van der Waals surface area contributed by atoms with Crippen molar-refractivity contribution in [3.63, 3.8) is 0 Å². The first-order valence-corrected chi connectivity index (χ1v) is 6.23. The van der Waals surface area contributed by atoms with E-state index in [4.69, 9.17) is 5.32 Å². The zero-order valence-electron chi connectivity index (χ0n) is 9.90. The van der Waals surface area contributed by atoms with Crippen molar-refractivity contribution in [1.82, 2.24) is 5.32 Å². The van der Waals surface area contributed by atoms with Gasteiger partial charge >= 0.3 is 0 Å². The summed E-state index contributed by atoms with van der Waals surface area (Å²) in [6.45, 7) is 2.35. The van der Waals surface area contributed by atoms with Gasteiger partial charge in [-0.2, -0.15) is 0 Å². The fourth-order valence-corrected chi connectivity index (χ4v) is 2.74. The topological polar surface area (TPSA) is 14.1 Å². The van der Waals surface area contributed by atoms with Crippen molar-refractivity contribution < 1.29 is 0 Å². The SMILES string of the molecule is CC1(c2cccc3c2[N]c2ccccc2-3)CC1. The molecule has 2 aliphatic rings. The second kappa shape index (κ2) is 2.92. The molecule has 83 valence electrons. The molecule has 2 aromatic rings. The highest BCUT2D eigenvalue weighted by atomic mass is 14.9. The first kappa shape index (κ1) is 9.29. The van der Waals surface area contributed by atoms with E-state index in [2.05, 4.69) is 49.4 Å². The molecule has 1 fully saturated rings. The van der Waals surface area contributed by atoms with E-state index < -0.39 is 0 Å². The Morgan fingerprint density at radius 2 is 1.71 bits per heavy atom. The summed E-state index contributed by atoms with van der Waals surface area (Å²) in [5, 5.41) is 4.82. The molecular weight excluding hydrogens is 206 g/mol. The van der Waals surface area contributed by atoms with E-state index in [0.29, 0.717) is 5.41 Å². The Balaban J connectivity index is 1.96. The molecule has 0 aromatic heterocycles. The van der Waals surface area contributed by atoms with E-state index in [9.17, 15) is 0 Å². The van der Waals surface area contributed by atoms with Crippen molar-refractivity contribution in [1.29, 1.82) is 0 Å². The van der Waals surface area contributed by atoms with Crippen LogP contribution >= 0.6 is 0 Å². The molecule has 1 saturated carbocycles. The summed E-state index contributed by atoms with van der Waals surface area (Å²) < 4.78 is 0. The summed E-state index contributed by atoms with van der Waals surface area (Å²) in [5.41, 5.74) is 6.76. The Morgan fingerprint density at radius 3 is 2.53 bits per heavy atom. The fourth-order valence-electron chi connectivity index (χ4n) is 2.74. The van der Waals surface area contributed by atoms with Crippen LogP contribution in [-0.2, 0) is 5.41 Å². The molecule has 0 N–H and O–H groups in total. The molecule has 4 rings (SSSR count). The fraction of sp³-hybridized carbons (Fsp3) is 0.250. The predicted molar refractivity (Wildman–Crippen MR) is 69.9 cm³/mol. The lowest BCUT2D eigenvalue weighted by Crippen LogP contribution is -2.02. The smallest absolute Gasteiger partial charge is 0.0753 e. The van der Waals surface area contributed by atoms with Crippen LogP contribution in [0.4, 0.5) is 11.4 Å². The Hall–Kier alpha value is -1.76. The minimum Gasteiger partial charge on any atom is -0.247 e. The van der Waals surface area contributed by atoms with Gasteiger partial charge in [0.05, 0.1) is 11.4 Å². The van der Waals surface area contributed by atoms with Crippen molar-refractivity contribution in [2.75, 3.05) is 0 Å². The standard InChI is InChI=1S/C16H14N/c1-16(9-10-16)13-7-4-6-12-11-5-2-3-8-14(11)17-15(12)13/h2-8H,9-10H2,1H3. The third-order valence-corrected chi connectivity index (χ3v) is 4.11. The van der Waals surface area contributed by atoms with Gasteiger partial charge < -0.3 is 0 Å². The van der Waals surface area contributed by atoms with Gasteiger partial charge in [-0.25, -0.2) is 5.32 Å². The molecule has 0 unspecified atom stereocenters. The maximum absolute atomic E-state index is 4.82. The summed E-state index contributed by atoms with van der Waals surface area (Å²) in [6, 6.07) is 15.1. The first-order chi connectivity index (χ1) is 8.28. The molecule has 1 nitrogen and oxygen atoms in total. The van der Waals surface area contributed by atoms with Gasteiger partial charge in [0.25, 0.3) is 0 Å². The third kappa shape index (κ3) is 1.20. The zero-order valence-corrected chi connectivity index (χ0v) is 9.90. The van der Waals surface area contributed by atoms with Crippen LogP contribution in [0, 0.1) is 0 Å². The number of para-hydroxylation sites is 2. The van der Waals surface area contributed by atoms with Crippen molar-refractivity contribution in [2.45, 2.75) is 25.2 Å². The molecule has 1 aliphatic carbocycles. The second-order valence-corrected chi connectivity index (χ2v) is 5.39. The molecule has 0 bridgehead atoms. The Labute approximate surface area is 101 Å². The lowest BCUT2D eigenvalue weighted by molar-refractivity contribution is 0.785. The van der Waals surface area contributed by atoms with Crippen LogP contribution in [0.3, 0.4) is 0 Å². The van der Waals surface area contributed by atoms with Crippen LogP contribution in [0.1, 0.15) is 25.3 Å². The van der Waals surface area contributed by atoms with Gasteiger partial charge in [0, 0.05) is 11.1 Å². The van der Waals surface area contributed by atoms with E-state index in [1.165, 1.54) is 35.2 Å². The predicted octanol–water partition coefficient (Wildman–Crippen LogP) is 4.29. The van der Waals surface area contributed by atoms with Crippen molar-refractivity contribution in [3.8, 4) is 11.1 Å². The number of hydrogen-bond acceptors (Lipinski definition) is 0. The van der Waals surface area contributed by atoms with Gasteiger partial charge in [0.1, 0.15) is 0 Å². The molecule has 0 saturated heterocycles. The van der Waals surface area contributed by atoms with Crippen LogP contribution < -0.4 is 5.32 Å². The molecule has 0 amide bonds. The molecule has 1 radical (unpaired) electrons. The lowest BCUT2D eigenvalue weighted by atomic mass is 9.93. The average molecular weight is 220 g/mol. The Kier molecular flexibility index (Phi) is 1.60. The highest BCUT2D eigenvalue weighted by molar-refractivity contribution is 5.92. The quantitative estimate of drug-likeness (QED) is 0.581. The van der Waals surface area contributed by atoms with E-state index in [-0.39, 0.29) is 0 Å². The molecule has 0 atom stereocenters. The molecule has 1 heteroatoms. The molecule has 0 spiro atoms. The van der Waals surface area contributed by atoms with Gasteiger partial charge in [0.15, 0.2) is 0 Å². The monoisotopic (exact) mass is 220 g/mol. The van der Waals surface area contributed by atoms with Crippen LogP contribution in [0.15, 0.2) is 42.5 Å². The summed E-state index contributed by atoms with van der Waals surface area (Å²) >= 11 is 0. The van der Waals surface area contributed by atoms with Crippen LogP contribution in [-0.4, -0.2) is 0 Å². The van der Waals surface area contributed by atoms with Crippen LogP contribution in [0.2, 0.25) is 0 Å². The second-order valence-electron chi connectivity index (χ2n) is 5.39. The maximum Gasteiger partial charge on any atom is 0.0753 e. The summed E-state index contributed by atoms with van der Waals surface area (Å²) in [6.07, 6.45) is 2.60. The zero-order chi connectivity index (χ0) is 11.5. The van der Waals surface area contributed by atoms with Crippen LogP contribution in [0.5, 0.6) is 0 Å². The minimum absolute atomic E-state index is 0.386. The first-order valence-electron chi connectivity index (χ1n) is 6.23. The summed E-state index contributed by atoms with van der Waals surface area (Å²) in [4.78, 5) is 0. The average Bonchev–Trinajstić information content (AvgIpc) is 2.99. The van der Waals surface area contributed by atoms with Crippen LogP contribution in [0.25, 0.3) is 11.1 Å². The molecule has 1 heterocycles. The van der Waals surface area contributed by atoms with Crippen molar-refractivity contribution in [2.24, 2.45) is 0 Å². The molecule has 1 aliphatic heterocycles. The number of nitrogens with zero attached hydrogens (tertiary/aromatic N) is 1. The van der Waals surface area contributed by atoms with E-state index in [0.717, 1.165) is 5.69 Å². The van der Waals surface area contributed by atoms with E-state index >= 15 is 0 Å². The summed E-state index contributed by atoms with van der Waals surface area (Å²) in [7, 11) is 0. The number of benzene rings is 2. The van der Waals surface area contributed by atoms with Gasteiger partial charge in [-0.3, -0.25) is 0 Å². The van der Waals surface area contributed by atoms with Gasteiger partial charge in [-0.05, 0) is 29.9 Å². The van der Waals surface area contributed by atoms with Crippen molar-refractivity contribution >= 4 is 11.4 Å². The molecular formula is C16H14N. The van der Waals surface area contributed by atoms with Gasteiger partial charge in [0.2, 0.25) is 0 Å². The van der Waals surface area contributed by atoms with E-state index in [1.54, 1.807) is 0 Å².